The molecule has 0 unspecified atom stereocenters. The van der Waals surface area contributed by atoms with Gasteiger partial charge in [-0.1, -0.05) is 28.1 Å². The third-order valence-corrected chi connectivity index (χ3v) is 6.97. The molecule has 0 N–H and O–H groups in total. The smallest absolute Gasteiger partial charge is 0.266 e. The summed E-state index contributed by atoms with van der Waals surface area (Å²) < 4.78 is 14.0. The molecule has 176 valence electrons. The van der Waals surface area contributed by atoms with E-state index in [0.29, 0.717) is 29.6 Å². The van der Waals surface area contributed by atoms with Crippen LogP contribution in [0.4, 0.5) is 0 Å². The van der Waals surface area contributed by atoms with Gasteiger partial charge in [0, 0.05) is 16.6 Å². The van der Waals surface area contributed by atoms with Gasteiger partial charge in [0.2, 0.25) is 0 Å². The van der Waals surface area contributed by atoms with Crippen LogP contribution in [0.3, 0.4) is 0 Å². The molecule has 0 aromatic heterocycles. The standard InChI is InChI=1S/C25H28BrIN2O3S/c1-6-31-21-12-18(11-20(27)23(21)32-14-17-7-9-19(26)10-8-17)13-22-24(30)29(16(4)5)25(33-22)28-15(2)3/h7-13,15-16H,6,14H2,1-5H3/b22-13+,28-25?. The molecule has 5 nitrogen and oxygen atoms in total. The van der Waals surface area contributed by atoms with Crippen molar-refractivity contribution in [2.75, 3.05) is 6.61 Å². The van der Waals surface area contributed by atoms with Crippen molar-refractivity contribution < 1.29 is 14.3 Å². The Morgan fingerprint density at radius 3 is 2.45 bits per heavy atom. The van der Waals surface area contributed by atoms with E-state index in [0.717, 1.165) is 24.3 Å². The molecule has 0 atom stereocenters. The van der Waals surface area contributed by atoms with Crippen LogP contribution in [-0.4, -0.2) is 34.7 Å². The van der Waals surface area contributed by atoms with Crippen LogP contribution in [0.25, 0.3) is 6.08 Å². The number of hydrogen-bond donors (Lipinski definition) is 0. The van der Waals surface area contributed by atoms with Gasteiger partial charge in [-0.05, 0) is 110 Å². The lowest BCUT2D eigenvalue weighted by molar-refractivity contribution is -0.123. The first kappa shape index (κ1) is 26.1. The number of thioether (sulfide) groups is 1. The molecular weight excluding hydrogens is 615 g/mol. The molecular formula is C25H28BrIN2O3S. The second-order valence-electron chi connectivity index (χ2n) is 8.06. The molecule has 0 bridgehead atoms. The van der Waals surface area contributed by atoms with E-state index < -0.39 is 0 Å². The van der Waals surface area contributed by atoms with Crippen molar-refractivity contribution in [2.45, 2.75) is 53.3 Å². The van der Waals surface area contributed by atoms with E-state index in [9.17, 15) is 4.79 Å². The Hall–Kier alpha value is -1.52. The van der Waals surface area contributed by atoms with E-state index in [4.69, 9.17) is 9.47 Å². The highest BCUT2D eigenvalue weighted by Crippen LogP contribution is 2.38. The molecule has 2 aromatic rings. The van der Waals surface area contributed by atoms with E-state index in [1.165, 1.54) is 11.8 Å². The maximum absolute atomic E-state index is 13.1. The van der Waals surface area contributed by atoms with Gasteiger partial charge < -0.3 is 9.47 Å². The second kappa shape index (κ2) is 11.8. The first-order valence-corrected chi connectivity index (χ1v) is 13.5. The molecule has 33 heavy (non-hydrogen) atoms. The molecule has 0 spiro atoms. The summed E-state index contributed by atoms with van der Waals surface area (Å²) in [7, 11) is 0. The Bertz CT molecular complexity index is 1070. The van der Waals surface area contributed by atoms with Crippen molar-refractivity contribution in [2.24, 2.45) is 4.99 Å². The highest BCUT2D eigenvalue weighted by atomic mass is 127. The summed E-state index contributed by atoms with van der Waals surface area (Å²) in [6, 6.07) is 12.1. The number of carbonyl (C=O) groups is 1. The Balaban J connectivity index is 1.90. The second-order valence-corrected chi connectivity index (χ2v) is 11.2. The number of benzene rings is 2. The summed E-state index contributed by atoms with van der Waals surface area (Å²) in [6.45, 7) is 10.9. The van der Waals surface area contributed by atoms with Crippen LogP contribution in [0, 0.1) is 3.57 Å². The lowest BCUT2D eigenvalue weighted by Crippen LogP contribution is -2.35. The minimum absolute atomic E-state index is 0.0158. The largest absolute Gasteiger partial charge is 0.490 e. The van der Waals surface area contributed by atoms with E-state index in [2.05, 4.69) is 43.5 Å². The van der Waals surface area contributed by atoms with Gasteiger partial charge in [0.05, 0.1) is 15.1 Å². The monoisotopic (exact) mass is 642 g/mol. The molecule has 0 saturated carbocycles. The molecule has 1 aliphatic rings. The Kier molecular flexibility index (Phi) is 9.29. The maximum Gasteiger partial charge on any atom is 0.266 e. The van der Waals surface area contributed by atoms with Crippen molar-refractivity contribution >= 4 is 67.4 Å². The van der Waals surface area contributed by atoms with E-state index >= 15 is 0 Å². The Morgan fingerprint density at radius 2 is 1.85 bits per heavy atom. The highest BCUT2D eigenvalue weighted by molar-refractivity contribution is 14.1. The lowest BCUT2D eigenvalue weighted by Gasteiger charge is -2.20. The van der Waals surface area contributed by atoms with Crippen LogP contribution in [0.5, 0.6) is 11.5 Å². The first-order chi connectivity index (χ1) is 15.7. The van der Waals surface area contributed by atoms with Gasteiger partial charge in [0.25, 0.3) is 5.91 Å². The summed E-state index contributed by atoms with van der Waals surface area (Å²) in [5.41, 5.74) is 1.96. The number of amides is 1. The van der Waals surface area contributed by atoms with E-state index in [-0.39, 0.29) is 18.0 Å². The maximum atomic E-state index is 13.1. The number of aliphatic imine (C=N–C) groups is 1. The van der Waals surface area contributed by atoms with Crippen LogP contribution in [0.2, 0.25) is 0 Å². The molecule has 1 aliphatic heterocycles. The van der Waals surface area contributed by atoms with Crippen LogP contribution < -0.4 is 9.47 Å². The van der Waals surface area contributed by atoms with Gasteiger partial charge in [-0.15, -0.1) is 0 Å². The predicted molar refractivity (Wildman–Crippen MR) is 149 cm³/mol. The zero-order valence-electron chi connectivity index (χ0n) is 19.4. The topological polar surface area (TPSA) is 51.1 Å². The van der Waals surface area contributed by atoms with Gasteiger partial charge in [0.1, 0.15) is 6.61 Å². The summed E-state index contributed by atoms with van der Waals surface area (Å²) in [5.74, 6) is 1.36. The zero-order valence-corrected chi connectivity index (χ0v) is 24.0. The number of carbonyl (C=O) groups excluding carboxylic acids is 1. The summed E-state index contributed by atoms with van der Waals surface area (Å²) in [4.78, 5) is 20.2. The van der Waals surface area contributed by atoms with Crippen LogP contribution in [-0.2, 0) is 11.4 Å². The molecule has 0 aliphatic carbocycles. The number of nitrogens with zero attached hydrogens (tertiary/aromatic N) is 2. The third kappa shape index (κ3) is 6.76. The minimum Gasteiger partial charge on any atom is -0.490 e. The number of rotatable bonds is 8. The van der Waals surface area contributed by atoms with Crippen molar-refractivity contribution in [3.63, 3.8) is 0 Å². The molecule has 2 aromatic carbocycles. The van der Waals surface area contributed by atoms with Crippen molar-refractivity contribution in [3.05, 3.63) is 60.5 Å². The van der Waals surface area contributed by atoms with Gasteiger partial charge in [-0.2, -0.15) is 0 Å². The van der Waals surface area contributed by atoms with Crippen molar-refractivity contribution in [1.29, 1.82) is 0 Å². The van der Waals surface area contributed by atoms with Crippen molar-refractivity contribution in [1.82, 2.24) is 4.90 Å². The number of amidine groups is 1. The first-order valence-electron chi connectivity index (χ1n) is 10.8. The average molecular weight is 643 g/mol. The Morgan fingerprint density at radius 1 is 1.15 bits per heavy atom. The molecule has 0 radical (unpaired) electrons. The fourth-order valence-electron chi connectivity index (χ4n) is 3.21. The average Bonchev–Trinajstić information content (AvgIpc) is 3.03. The fourth-order valence-corrected chi connectivity index (χ4v) is 5.49. The predicted octanol–water partition coefficient (Wildman–Crippen LogP) is 7.12. The summed E-state index contributed by atoms with van der Waals surface area (Å²) >= 11 is 7.14. The third-order valence-electron chi connectivity index (χ3n) is 4.65. The number of hydrogen-bond acceptors (Lipinski definition) is 5. The number of halogens is 2. The molecule has 8 heteroatoms. The van der Waals surface area contributed by atoms with Gasteiger partial charge in [-0.3, -0.25) is 14.7 Å². The lowest BCUT2D eigenvalue weighted by atomic mass is 10.1. The van der Waals surface area contributed by atoms with Gasteiger partial charge in [0.15, 0.2) is 16.7 Å². The van der Waals surface area contributed by atoms with Crippen molar-refractivity contribution in [3.8, 4) is 11.5 Å². The van der Waals surface area contributed by atoms with Crippen LogP contribution in [0.15, 0.2) is 50.8 Å². The van der Waals surface area contributed by atoms with Crippen LogP contribution >= 0.6 is 50.3 Å². The quantitative estimate of drug-likeness (QED) is 0.227. The number of ether oxygens (including phenoxy) is 2. The summed E-state index contributed by atoms with van der Waals surface area (Å²) in [6.07, 6.45) is 1.91. The van der Waals surface area contributed by atoms with Crippen LogP contribution in [0.1, 0.15) is 45.7 Å². The van der Waals surface area contributed by atoms with E-state index in [1.54, 1.807) is 4.90 Å². The molecule has 1 amide bonds. The minimum atomic E-state index is -0.0158. The molecule has 1 fully saturated rings. The zero-order chi connectivity index (χ0) is 24.1. The highest BCUT2D eigenvalue weighted by Gasteiger charge is 2.35. The normalized spacial score (nSPS) is 16.5. The van der Waals surface area contributed by atoms with E-state index in [1.807, 2.05) is 77.1 Å². The molecule has 1 heterocycles. The van der Waals surface area contributed by atoms with Gasteiger partial charge in [-0.25, -0.2) is 0 Å². The molecule has 1 saturated heterocycles. The molecule has 3 rings (SSSR count). The SMILES string of the molecule is CCOc1cc(/C=C2/SC(=NC(C)C)N(C(C)C)C2=O)cc(I)c1OCc1ccc(Br)cc1. The summed E-state index contributed by atoms with van der Waals surface area (Å²) in [5, 5.41) is 0.755. The fraction of sp³-hybridized carbons (Fsp3) is 0.360. The Labute approximate surface area is 222 Å². The van der Waals surface area contributed by atoms with Gasteiger partial charge >= 0.3 is 0 Å².